The second kappa shape index (κ2) is 19.2. The zero-order valence-corrected chi connectivity index (χ0v) is 5.85. The van der Waals surface area contributed by atoms with Crippen molar-refractivity contribution in [2.24, 2.45) is 0 Å². The van der Waals surface area contributed by atoms with Crippen LogP contribution >= 0.6 is 0 Å². The molecule has 5 heavy (non-hydrogen) atoms. The van der Waals surface area contributed by atoms with Gasteiger partial charge >= 0.3 is 28.2 Å². The van der Waals surface area contributed by atoms with Crippen LogP contribution < -0.4 is 42.8 Å². The maximum Gasteiger partial charge on any atom is 1.00 e. The maximum absolute atomic E-state index is 8.40. The van der Waals surface area contributed by atoms with Gasteiger partial charge in [0.15, 0.2) is 0 Å². The fourth-order valence-corrected chi connectivity index (χ4v) is 0. The van der Waals surface area contributed by atoms with Gasteiger partial charge < -0.3 is 24.0 Å². The predicted molar refractivity (Wildman–Crippen MR) is 7.13 cm³/mol. The van der Waals surface area contributed by atoms with Crippen LogP contribution in [-0.4, -0.2) is 9.29 Å². The smallest absolute Gasteiger partial charge is 1.00 e. The van der Waals surface area contributed by atoms with E-state index in [0.717, 1.165) is 0 Å². The molecule has 2 nitrogen and oxygen atoms in total. The van der Waals surface area contributed by atoms with Gasteiger partial charge in [-0.05, 0) is 0 Å². The zero-order chi connectivity index (χ0) is 2.71. The summed E-state index contributed by atoms with van der Waals surface area (Å²) in [5.41, 5.74) is 0. The van der Waals surface area contributed by atoms with Crippen LogP contribution in [0.4, 0.5) is 0 Å². The molecule has 0 heterocycles. The van der Waals surface area contributed by atoms with Gasteiger partial charge in [-0.3, -0.25) is 8.92 Å². The fraction of sp³-hybridized carbons (Fsp3) is 0. The second-order valence-corrected chi connectivity index (χ2v) is 0.250. The minimum absolute atomic E-state index is 0. The van der Waals surface area contributed by atoms with Crippen LogP contribution in [0.5, 0.6) is 0 Å². The van der Waals surface area contributed by atoms with Crippen LogP contribution in [0.3, 0.4) is 0 Å². The van der Waals surface area contributed by atoms with E-state index in [1.165, 1.54) is 0 Å². The van der Waals surface area contributed by atoms with Gasteiger partial charge in [0.1, 0.15) is 0 Å². The minimum Gasteiger partial charge on any atom is -1.00 e. The Labute approximate surface area is 60.8 Å². The zero-order valence-electron chi connectivity index (χ0n) is 2.69. The third-order valence-corrected chi connectivity index (χ3v) is 0. The maximum atomic E-state index is 8.40. The Morgan fingerprint density at radius 1 is 1.20 bits per heavy atom. The molecule has 0 aliphatic carbocycles. The van der Waals surface area contributed by atoms with Gasteiger partial charge in [0.2, 0.25) is 0 Å². The minimum atomic E-state index is -1.42. The van der Waals surface area contributed by atoms with E-state index in [9.17, 15) is 0 Å². The fourth-order valence-electron chi connectivity index (χ4n) is 0. The summed E-state index contributed by atoms with van der Waals surface area (Å²) in [4.78, 5) is 0. The van der Waals surface area contributed by atoms with Gasteiger partial charge in [-0.2, -0.15) is 0 Å². The molecule has 5 heteroatoms. The monoisotopic (exact) mass is 194 g/mol. The van der Waals surface area contributed by atoms with Crippen LogP contribution in [0.2, 0.25) is 0 Å². The summed E-state index contributed by atoms with van der Waals surface area (Å²) in [5.74, 6) is 0. The number of halogens is 1. The SMILES string of the molecule is O=[Si]=O.[I-].[Li+]. The van der Waals surface area contributed by atoms with Crippen LogP contribution in [0.1, 0.15) is 0 Å². The summed E-state index contributed by atoms with van der Waals surface area (Å²) in [5, 5.41) is 0. The normalized spacial score (nSPS) is 1.60. The van der Waals surface area contributed by atoms with E-state index in [2.05, 4.69) is 0 Å². The first-order valence-corrected chi connectivity index (χ1v) is 1.22. The van der Waals surface area contributed by atoms with Crippen LogP contribution in [0.15, 0.2) is 0 Å². The van der Waals surface area contributed by atoms with E-state index in [0.29, 0.717) is 0 Å². The van der Waals surface area contributed by atoms with E-state index in [1.807, 2.05) is 0 Å². The van der Waals surface area contributed by atoms with E-state index < -0.39 is 9.29 Å². The Bertz CT molecular complexity index is 30.6. The van der Waals surface area contributed by atoms with E-state index in [4.69, 9.17) is 8.92 Å². The molecule has 0 radical (unpaired) electrons. The van der Waals surface area contributed by atoms with Crippen LogP contribution in [0, 0.1) is 0 Å². The molecule has 0 aromatic rings. The Balaban J connectivity index is -0.0000000200. The van der Waals surface area contributed by atoms with Crippen molar-refractivity contribution in [2.75, 3.05) is 0 Å². The van der Waals surface area contributed by atoms with Crippen molar-refractivity contribution >= 4 is 9.29 Å². The van der Waals surface area contributed by atoms with Crippen molar-refractivity contribution in [3.8, 4) is 0 Å². The Morgan fingerprint density at radius 3 is 1.20 bits per heavy atom. The molecule has 0 spiro atoms. The Morgan fingerprint density at radius 2 is 1.20 bits per heavy atom. The van der Waals surface area contributed by atoms with E-state index in [1.54, 1.807) is 0 Å². The van der Waals surface area contributed by atoms with Gasteiger partial charge in [0.05, 0.1) is 0 Å². The molecule has 0 aliphatic heterocycles. The third kappa shape index (κ3) is 38.8. The molecule has 0 unspecified atom stereocenters. The quantitative estimate of drug-likeness (QED) is 0.284. The average molecular weight is 194 g/mol. The molecule has 0 fully saturated rings. The molecule has 0 bridgehead atoms. The molecule has 0 saturated heterocycles. The van der Waals surface area contributed by atoms with Gasteiger partial charge in [-0.25, -0.2) is 0 Å². The summed E-state index contributed by atoms with van der Waals surface area (Å²) >= 11 is 0. The van der Waals surface area contributed by atoms with Crippen molar-refractivity contribution in [3.63, 3.8) is 0 Å². The Hall–Kier alpha value is 1.14. The number of hydrogen-bond acceptors (Lipinski definition) is 2. The first kappa shape index (κ1) is 16.4. The number of rotatable bonds is 0. The second-order valence-electron chi connectivity index (χ2n) is 0.0833. The summed E-state index contributed by atoms with van der Waals surface area (Å²) in [7, 11) is -1.42. The van der Waals surface area contributed by atoms with Crippen molar-refractivity contribution in [1.82, 2.24) is 0 Å². The van der Waals surface area contributed by atoms with Gasteiger partial charge in [-0.1, -0.05) is 0 Å². The molecule has 24 valence electrons. The average Bonchev–Trinajstić information content (AvgIpc) is 0.918. The summed E-state index contributed by atoms with van der Waals surface area (Å²) in [6, 6.07) is 0. The van der Waals surface area contributed by atoms with Gasteiger partial charge in [0, 0.05) is 0 Å². The van der Waals surface area contributed by atoms with Crippen molar-refractivity contribution in [1.29, 1.82) is 0 Å². The van der Waals surface area contributed by atoms with Crippen molar-refractivity contribution in [3.05, 3.63) is 0 Å². The molecule has 0 amide bonds. The Kier molecular flexibility index (Phi) is 63.2. The predicted octanol–water partition coefficient (Wildman–Crippen LogP) is -6.61. The van der Waals surface area contributed by atoms with Crippen molar-refractivity contribution in [2.45, 2.75) is 0 Å². The van der Waals surface area contributed by atoms with Crippen LogP contribution in [0.25, 0.3) is 0 Å². The molecule has 0 aromatic carbocycles. The van der Waals surface area contributed by atoms with Gasteiger partial charge in [-0.15, -0.1) is 0 Å². The first-order valence-electron chi connectivity index (χ1n) is 0.408. The van der Waals surface area contributed by atoms with Crippen LogP contribution in [-0.2, 0) is 8.92 Å². The van der Waals surface area contributed by atoms with Gasteiger partial charge in [0.25, 0.3) is 0 Å². The van der Waals surface area contributed by atoms with E-state index in [-0.39, 0.29) is 42.8 Å². The molecule has 0 atom stereocenters. The standard InChI is InChI=1S/HI.Li.O2Si/c;;1-3-2/h1H;;/q;+1;/p-1. The molecule has 0 rings (SSSR count). The molecule has 0 N–H and O–H groups in total. The summed E-state index contributed by atoms with van der Waals surface area (Å²) in [6.07, 6.45) is 0. The summed E-state index contributed by atoms with van der Waals surface area (Å²) < 4.78 is 16.8. The number of hydrogen-bond donors (Lipinski definition) is 0. The molecule has 0 aliphatic rings. The largest absolute Gasteiger partial charge is 1.00 e. The molecule has 0 aromatic heterocycles. The third-order valence-electron chi connectivity index (χ3n) is 0. The van der Waals surface area contributed by atoms with Crippen molar-refractivity contribution < 1.29 is 51.8 Å². The summed E-state index contributed by atoms with van der Waals surface area (Å²) in [6.45, 7) is 0. The van der Waals surface area contributed by atoms with E-state index >= 15 is 0 Å². The molecule has 0 saturated carbocycles. The molecular formula is ILiO2Si. The first-order chi connectivity index (χ1) is 1.41. The molecular weight excluding hydrogens is 194 g/mol. The topological polar surface area (TPSA) is 34.1 Å².